The maximum atomic E-state index is 12.6. The summed E-state index contributed by atoms with van der Waals surface area (Å²) < 4.78 is 5.65. The Morgan fingerprint density at radius 1 is 1.27 bits per heavy atom. The Kier molecular flexibility index (Phi) is 4.53. The van der Waals surface area contributed by atoms with Gasteiger partial charge in [-0.1, -0.05) is 15.9 Å². The zero-order chi connectivity index (χ0) is 18.4. The standard InChI is InChI=1S/C19H24BrN3O3/c1-12(16(25)23-17-21-3-2-4-22-17)26-15(24)10-18-6-13-5-14(7-18)9-19(20,8-13)11-18/h2-4,12-14H,5-11H2,1H3,(H,21,22,23,25). The molecule has 1 heterocycles. The van der Waals surface area contributed by atoms with E-state index in [0.717, 1.165) is 31.1 Å². The number of anilines is 1. The topological polar surface area (TPSA) is 81.2 Å². The normalized spacial score (nSPS) is 35.8. The second-order valence-electron chi connectivity index (χ2n) is 8.48. The van der Waals surface area contributed by atoms with Crippen molar-refractivity contribution >= 4 is 33.8 Å². The van der Waals surface area contributed by atoms with Crippen molar-refractivity contribution in [1.29, 1.82) is 0 Å². The van der Waals surface area contributed by atoms with Crippen LogP contribution < -0.4 is 5.32 Å². The zero-order valence-corrected chi connectivity index (χ0v) is 16.5. The second-order valence-corrected chi connectivity index (χ2v) is 10.2. The highest BCUT2D eigenvalue weighted by Crippen LogP contribution is 2.65. The first-order valence-electron chi connectivity index (χ1n) is 9.31. The van der Waals surface area contributed by atoms with Crippen LogP contribution in [-0.4, -0.2) is 32.3 Å². The van der Waals surface area contributed by atoms with Gasteiger partial charge in [0.1, 0.15) is 0 Å². The molecule has 1 N–H and O–H groups in total. The lowest BCUT2D eigenvalue weighted by Crippen LogP contribution is -2.53. The second kappa shape index (κ2) is 6.59. The number of nitrogens with zero attached hydrogens (tertiary/aromatic N) is 2. The number of amides is 1. The molecule has 1 amide bonds. The number of alkyl halides is 1. The van der Waals surface area contributed by atoms with Crippen LogP contribution in [0.2, 0.25) is 0 Å². The van der Waals surface area contributed by atoms with E-state index >= 15 is 0 Å². The van der Waals surface area contributed by atoms with Crippen molar-refractivity contribution in [3.05, 3.63) is 18.5 Å². The number of nitrogens with one attached hydrogen (secondary N) is 1. The Bertz CT molecular complexity index is 697. The molecule has 140 valence electrons. The Morgan fingerprint density at radius 3 is 2.54 bits per heavy atom. The largest absolute Gasteiger partial charge is 0.453 e. The number of esters is 1. The number of rotatable bonds is 5. The van der Waals surface area contributed by atoms with E-state index in [-0.39, 0.29) is 21.7 Å². The van der Waals surface area contributed by atoms with Gasteiger partial charge in [-0.2, -0.15) is 0 Å². The highest BCUT2D eigenvalue weighted by Gasteiger charge is 2.57. The molecule has 0 spiro atoms. The number of hydrogen-bond donors (Lipinski definition) is 1. The molecule has 0 aliphatic heterocycles. The van der Waals surface area contributed by atoms with E-state index in [0.29, 0.717) is 6.42 Å². The molecule has 5 rings (SSSR count). The van der Waals surface area contributed by atoms with Crippen LogP contribution >= 0.6 is 15.9 Å². The van der Waals surface area contributed by atoms with Gasteiger partial charge in [-0.05, 0) is 68.8 Å². The highest BCUT2D eigenvalue weighted by atomic mass is 79.9. The van der Waals surface area contributed by atoms with Crippen LogP contribution in [0.3, 0.4) is 0 Å². The van der Waals surface area contributed by atoms with E-state index in [2.05, 4.69) is 31.2 Å². The predicted octanol–water partition coefficient (Wildman–Crippen LogP) is 3.47. The third-order valence-corrected chi connectivity index (χ3v) is 7.04. The summed E-state index contributed by atoms with van der Waals surface area (Å²) in [5, 5.41) is 2.57. The lowest BCUT2D eigenvalue weighted by atomic mass is 9.49. The third kappa shape index (κ3) is 3.63. The number of carbonyl (C=O) groups is 2. The van der Waals surface area contributed by atoms with Crippen molar-refractivity contribution in [1.82, 2.24) is 9.97 Å². The smallest absolute Gasteiger partial charge is 0.307 e. The fourth-order valence-electron chi connectivity index (χ4n) is 5.72. The number of hydrogen-bond acceptors (Lipinski definition) is 5. The molecular formula is C19H24BrN3O3. The average Bonchev–Trinajstić information content (AvgIpc) is 2.52. The summed E-state index contributed by atoms with van der Waals surface area (Å²) in [7, 11) is 0. The van der Waals surface area contributed by atoms with Gasteiger partial charge in [-0.3, -0.25) is 14.9 Å². The molecule has 1 aromatic rings. The average molecular weight is 422 g/mol. The van der Waals surface area contributed by atoms with Crippen molar-refractivity contribution in [2.24, 2.45) is 17.3 Å². The molecule has 7 heteroatoms. The van der Waals surface area contributed by atoms with Gasteiger partial charge in [-0.15, -0.1) is 0 Å². The van der Waals surface area contributed by atoms with Crippen molar-refractivity contribution in [3.8, 4) is 0 Å². The fraction of sp³-hybridized carbons (Fsp3) is 0.684. The molecular weight excluding hydrogens is 398 g/mol. The van der Waals surface area contributed by atoms with E-state index in [1.807, 2.05) is 0 Å². The quantitative estimate of drug-likeness (QED) is 0.581. The van der Waals surface area contributed by atoms with Crippen LogP contribution in [-0.2, 0) is 14.3 Å². The molecule has 0 aromatic carbocycles. The first kappa shape index (κ1) is 17.9. The lowest BCUT2D eigenvalue weighted by Gasteiger charge is -2.60. The summed E-state index contributed by atoms with van der Waals surface area (Å²) in [5.74, 6) is 0.966. The molecule has 4 fully saturated rings. The van der Waals surface area contributed by atoms with Gasteiger partial charge in [-0.25, -0.2) is 9.97 Å². The van der Waals surface area contributed by atoms with E-state index in [1.54, 1.807) is 25.4 Å². The number of aromatic nitrogens is 2. The molecule has 4 saturated carbocycles. The summed E-state index contributed by atoms with van der Waals surface area (Å²) in [6.45, 7) is 1.59. The lowest BCUT2D eigenvalue weighted by molar-refractivity contribution is -0.159. The first-order chi connectivity index (χ1) is 12.3. The highest BCUT2D eigenvalue weighted by molar-refractivity contribution is 9.10. The number of halogens is 1. The summed E-state index contributed by atoms with van der Waals surface area (Å²) >= 11 is 3.96. The van der Waals surface area contributed by atoms with Gasteiger partial charge in [0.05, 0.1) is 6.42 Å². The van der Waals surface area contributed by atoms with Crippen molar-refractivity contribution in [2.45, 2.75) is 62.3 Å². The van der Waals surface area contributed by atoms with Gasteiger partial charge in [0, 0.05) is 16.7 Å². The Morgan fingerprint density at radius 2 is 1.92 bits per heavy atom. The van der Waals surface area contributed by atoms with Crippen LogP contribution in [0, 0.1) is 17.3 Å². The molecule has 26 heavy (non-hydrogen) atoms. The molecule has 6 nitrogen and oxygen atoms in total. The minimum Gasteiger partial charge on any atom is -0.453 e. The molecule has 4 bridgehead atoms. The molecule has 4 aliphatic rings. The third-order valence-electron chi connectivity index (χ3n) is 6.11. The van der Waals surface area contributed by atoms with E-state index in [1.165, 1.54) is 19.3 Å². The van der Waals surface area contributed by atoms with Crippen LogP contribution in [0.15, 0.2) is 18.5 Å². The summed E-state index contributed by atoms with van der Waals surface area (Å²) in [6, 6.07) is 1.67. The van der Waals surface area contributed by atoms with Gasteiger partial charge < -0.3 is 4.74 Å². The predicted molar refractivity (Wildman–Crippen MR) is 99.6 cm³/mol. The number of ether oxygens (including phenoxy) is 1. The van der Waals surface area contributed by atoms with E-state index in [9.17, 15) is 9.59 Å². The zero-order valence-electron chi connectivity index (χ0n) is 14.9. The van der Waals surface area contributed by atoms with Crippen LogP contribution in [0.1, 0.15) is 51.9 Å². The Hall–Kier alpha value is -1.50. The maximum absolute atomic E-state index is 12.6. The maximum Gasteiger partial charge on any atom is 0.307 e. The SMILES string of the molecule is CC(OC(=O)CC12CC3CC(CC(Br)(C3)C1)C2)C(=O)Nc1ncccn1. The van der Waals surface area contributed by atoms with Crippen molar-refractivity contribution in [3.63, 3.8) is 0 Å². The van der Waals surface area contributed by atoms with Crippen LogP contribution in [0.25, 0.3) is 0 Å². The van der Waals surface area contributed by atoms with Gasteiger partial charge in [0.25, 0.3) is 5.91 Å². The van der Waals surface area contributed by atoms with Gasteiger partial charge in [0.15, 0.2) is 6.10 Å². The van der Waals surface area contributed by atoms with E-state index < -0.39 is 12.0 Å². The molecule has 3 atom stereocenters. The molecule has 0 saturated heterocycles. The van der Waals surface area contributed by atoms with Gasteiger partial charge in [0.2, 0.25) is 5.95 Å². The molecule has 1 aromatic heterocycles. The van der Waals surface area contributed by atoms with Crippen molar-refractivity contribution < 1.29 is 14.3 Å². The molecule has 0 radical (unpaired) electrons. The summed E-state index contributed by atoms with van der Waals surface area (Å²) in [4.78, 5) is 32.6. The summed E-state index contributed by atoms with van der Waals surface area (Å²) in [5.41, 5.74) is 0.0450. The first-order valence-corrected chi connectivity index (χ1v) is 10.1. The fourth-order valence-corrected chi connectivity index (χ4v) is 7.23. The Balaban J connectivity index is 1.34. The van der Waals surface area contributed by atoms with Crippen LogP contribution in [0.5, 0.6) is 0 Å². The van der Waals surface area contributed by atoms with E-state index in [4.69, 9.17) is 4.74 Å². The molecule has 4 aliphatic carbocycles. The minimum absolute atomic E-state index is 0.0450. The molecule has 3 unspecified atom stereocenters. The monoisotopic (exact) mass is 421 g/mol. The van der Waals surface area contributed by atoms with Crippen molar-refractivity contribution in [2.75, 3.05) is 5.32 Å². The van der Waals surface area contributed by atoms with Gasteiger partial charge >= 0.3 is 5.97 Å². The van der Waals surface area contributed by atoms with Crippen LogP contribution in [0.4, 0.5) is 5.95 Å². The number of carbonyl (C=O) groups excluding carboxylic acids is 2. The minimum atomic E-state index is -0.863. The summed E-state index contributed by atoms with van der Waals surface area (Å²) in [6.07, 6.45) is 9.68. The Labute approximate surface area is 161 Å².